The van der Waals surface area contributed by atoms with E-state index in [-0.39, 0.29) is 29.3 Å². The zero-order chi connectivity index (χ0) is 28.7. The number of nitrogens with one attached hydrogen (secondary N) is 3. The van der Waals surface area contributed by atoms with E-state index < -0.39 is 35.7 Å². The molecular weight excluding hydrogens is 508 g/mol. The van der Waals surface area contributed by atoms with E-state index in [0.717, 1.165) is 51.4 Å². The van der Waals surface area contributed by atoms with Crippen LogP contribution in [0.25, 0.3) is 0 Å². The molecule has 2 heterocycles. The Bertz CT molecular complexity index is 1160. The van der Waals surface area contributed by atoms with Gasteiger partial charge in [-0.05, 0) is 108 Å². The van der Waals surface area contributed by atoms with Crippen LogP contribution in [0.1, 0.15) is 103 Å². The number of ether oxygens (including phenoxy) is 1. The third-order valence-electron chi connectivity index (χ3n) is 9.09. The van der Waals surface area contributed by atoms with Crippen molar-refractivity contribution < 1.29 is 23.9 Å². The van der Waals surface area contributed by atoms with Gasteiger partial charge < -0.3 is 25.6 Å². The number of amides is 4. The van der Waals surface area contributed by atoms with Gasteiger partial charge in [-0.2, -0.15) is 0 Å². The fraction of sp³-hybridized carbons (Fsp3) is 0.677. The molecule has 40 heavy (non-hydrogen) atoms. The number of carbonyl (C=O) groups is 4. The summed E-state index contributed by atoms with van der Waals surface area (Å²) in [5.74, 6) is -0.726. The fourth-order valence-corrected chi connectivity index (χ4v) is 6.79. The van der Waals surface area contributed by atoms with Crippen molar-refractivity contribution in [2.24, 2.45) is 5.41 Å². The van der Waals surface area contributed by atoms with Gasteiger partial charge in [0.15, 0.2) is 0 Å². The smallest absolute Gasteiger partial charge is 0.408 e. The number of carbonyl (C=O) groups excluding carboxylic acids is 4. The lowest BCUT2D eigenvalue weighted by Gasteiger charge is -2.38. The highest BCUT2D eigenvalue weighted by molar-refractivity contribution is 5.94. The molecular formula is C31H44N4O5. The summed E-state index contributed by atoms with van der Waals surface area (Å²) < 4.78 is 5.28. The Morgan fingerprint density at radius 3 is 2.48 bits per heavy atom. The summed E-state index contributed by atoms with van der Waals surface area (Å²) in [7, 11) is 0. The van der Waals surface area contributed by atoms with E-state index in [1.165, 1.54) is 11.1 Å². The number of fused-ring (bicyclic) bond motifs is 2. The van der Waals surface area contributed by atoms with Gasteiger partial charge >= 0.3 is 6.09 Å². The molecule has 1 aromatic rings. The first-order valence-corrected chi connectivity index (χ1v) is 14.9. The maximum Gasteiger partial charge on any atom is 0.408 e. The van der Waals surface area contributed by atoms with Gasteiger partial charge in [-0.1, -0.05) is 24.3 Å². The van der Waals surface area contributed by atoms with Gasteiger partial charge in [-0.3, -0.25) is 14.4 Å². The molecule has 1 saturated carbocycles. The molecule has 1 aromatic carbocycles. The highest BCUT2D eigenvalue weighted by Crippen LogP contribution is 2.55. The van der Waals surface area contributed by atoms with E-state index in [0.29, 0.717) is 12.8 Å². The molecule has 4 amide bonds. The Hall–Kier alpha value is -3.10. The topological polar surface area (TPSA) is 117 Å². The third kappa shape index (κ3) is 6.28. The summed E-state index contributed by atoms with van der Waals surface area (Å²) in [6.07, 6.45) is 8.19. The zero-order valence-electron chi connectivity index (χ0n) is 24.3. The third-order valence-corrected chi connectivity index (χ3v) is 9.09. The number of hydrogen-bond donors (Lipinski definition) is 3. The number of alkyl carbamates (subject to hydrolysis) is 1. The van der Waals surface area contributed by atoms with E-state index in [4.69, 9.17) is 4.74 Å². The van der Waals surface area contributed by atoms with Gasteiger partial charge in [0.05, 0.1) is 6.04 Å². The normalized spacial score (nSPS) is 27.9. The van der Waals surface area contributed by atoms with Crippen molar-refractivity contribution in [1.29, 1.82) is 0 Å². The maximum atomic E-state index is 14.1. The van der Waals surface area contributed by atoms with Crippen LogP contribution in [-0.2, 0) is 25.5 Å². The standard InChI is InChI=1S/C31H44N4O5/c1-19(32-29(39)40-30(2,3)4)26(36)34-24-18-31(16-17-31)15-14-21-12-13-25(35(21)28(24)38)27(37)33-23-11-7-9-20-8-5-6-10-22(20)23/h5-6,8,10,19,21,23-25H,7,9,11-18H2,1-4H3,(H,32,39)(H,33,37)(H,34,36)/t19-,21+,23+,24-,25-/m0/s1. The Morgan fingerprint density at radius 1 is 1.00 bits per heavy atom. The van der Waals surface area contributed by atoms with Crippen molar-refractivity contribution in [2.45, 2.75) is 128 Å². The quantitative estimate of drug-likeness (QED) is 0.512. The summed E-state index contributed by atoms with van der Waals surface area (Å²) in [5.41, 5.74) is 1.84. The molecule has 0 bridgehead atoms. The SMILES string of the molecule is C[C@H](NC(=O)OC(C)(C)C)C(=O)N[C@H]1CC2(CC[C@H]3CC[C@@H](C(=O)N[C@@H]4CCCc5ccccc54)N3C1=O)CC2. The predicted octanol–water partition coefficient (Wildman–Crippen LogP) is 3.90. The lowest BCUT2D eigenvalue weighted by atomic mass is 9.86. The Balaban J connectivity index is 1.29. The second kappa shape index (κ2) is 11.1. The van der Waals surface area contributed by atoms with Crippen LogP contribution in [0.15, 0.2) is 24.3 Å². The van der Waals surface area contributed by atoms with Gasteiger partial charge in [0.2, 0.25) is 17.7 Å². The van der Waals surface area contributed by atoms with Gasteiger partial charge in [-0.25, -0.2) is 4.79 Å². The van der Waals surface area contributed by atoms with Crippen molar-refractivity contribution >= 4 is 23.8 Å². The van der Waals surface area contributed by atoms with Crippen molar-refractivity contribution in [2.75, 3.05) is 0 Å². The molecule has 5 atom stereocenters. The monoisotopic (exact) mass is 552 g/mol. The number of rotatable bonds is 5. The summed E-state index contributed by atoms with van der Waals surface area (Å²) >= 11 is 0. The molecule has 2 aliphatic heterocycles. The van der Waals surface area contributed by atoms with Crippen LogP contribution < -0.4 is 16.0 Å². The molecule has 2 aliphatic carbocycles. The lowest BCUT2D eigenvalue weighted by Crippen LogP contribution is -2.59. The molecule has 1 spiro atoms. The molecule has 2 saturated heterocycles. The number of nitrogens with zero attached hydrogens (tertiary/aromatic N) is 1. The number of benzene rings is 1. The molecule has 0 aromatic heterocycles. The van der Waals surface area contributed by atoms with Crippen molar-refractivity contribution in [3.63, 3.8) is 0 Å². The van der Waals surface area contributed by atoms with Gasteiger partial charge in [0.1, 0.15) is 23.7 Å². The van der Waals surface area contributed by atoms with Crippen LogP contribution in [0.4, 0.5) is 4.79 Å². The summed E-state index contributed by atoms with van der Waals surface area (Å²) in [6.45, 7) is 6.85. The first-order chi connectivity index (χ1) is 18.9. The highest BCUT2D eigenvalue weighted by Gasteiger charge is 2.52. The molecule has 5 rings (SSSR count). The minimum atomic E-state index is -0.872. The number of aryl methyl sites for hydroxylation is 1. The first kappa shape index (κ1) is 28.4. The summed E-state index contributed by atoms with van der Waals surface area (Å²) in [6, 6.07) is 6.06. The van der Waals surface area contributed by atoms with Crippen molar-refractivity contribution in [3.05, 3.63) is 35.4 Å². The van der Waals surface area contributed by atoms with Crippen LogP contribution in [0, 0.1) is 5.41 Å². The minimum Gasteiger partial charge on any atom is -0.444 e. The van der Waals surface area contributed by atoms with E-state index in [2.05, 4.69) is 28.1 Å². The molecule has 9 nitrogen and oxygen atoms in total. The lowest BCUT2D eigenvalue weighted by molar-refractivity contribution is -0.145. The summed E-state index contributed by atoms with van der Waals surface area (Å²) in [5, 5.41) is 8.77. The van der Waals surface area contributed by atoms with E-state index in [1.807, 2.05) is 12.1 Å². The van der Waals surface area contributed by atoms with E-state index >= 15 is 0 Å². The van der Waals surface area contributed by atoms with E-state index in [1.54, 1.807) is 32.6 Å². The van der Waals surface area contributed by atoms with Gasteiger partial charge in [-0.15, -0.1) is 0 Å². The number of hydrogen-bond acceptors (Lipinski definition) is 5. The molecule has 218 valence electrons. The Labute approximate surface area is 237 Å². The molecule has 9 heteroatoms. The van der Waals surface area contributed by atoms with Crippen LogP contribution in [0.5, 0.6) is 0 Å². The van der Waals surface area contributed by atoms with Crippen LogP contribution >= 0.6 is 0 Å². The molecule has 3 fully saturated rings. The van der Waals surface area contributed by atoms with Crippen molar-refractivity contribution in [3.8, 4) is 0 Å². The zero-order valence-corrected chi connectivity index (χ0v) is 24.3. The first-order valence-electron chi connectivity index (χ1n) is 14.9. The second-order valence-electron chi connectivity index (χ2n) is 13.3. The highest BCUT2D eigenvalue weighted by atomic mass is 16.6. The molecule has 0 unspecified atom stereocenters. The van der Waals surface area contributed by atoms with Crippen LogP contribution in [0.3, 0.4) is 0 Å². The largest absolute Gasteiger partial charge is 0.444 e. The van der Waals surface area contributed by atoms with Crippen LogP contribution in [0.2, 0.25) is 0 Å². The average molecular weight is 553 g/mol. The predicted molar refractivity (Wildman–Crippen MR) is 150 cm³/mol. The molecule has 4 aliphatic rings. The molecule has 3 N–H and O–H groups in total. The molecule has 0 radical (unpaired) electrons. The van der Waals surface area contributed by atoms with Gasteiger partial charge in [0, 0.05) is 6.04 Å². The fourth-order valence-electron chi connectivity index (χ4n) is 6.79. The Kier molecular flexibility index (Phi) is 7.86. The minimum absolute atomic E-state index is 0.00335. The maximum absolute atomic E-state index is 14.1. The van der Waals surface area contributed by atoms with Crippen molar-refractivity contribution in [1.82, 2.24) is 20.9 Å². The Morgan fingerprint density at radius 2 is 1.75 bits per heavy atom. The van der Waals surface area contributed by atoms with Gasteiger partial charge in [0.25, 0.3) is 0 Å². The summed E-state index contributed by atoms with van der Waals surface area (Å²) in [4.78, 5) is 54.9. The average Bonchev–Trinajstić information content (AvgIpc) is 3.52. The second-order valence-corrected chi connectivity index (χ2v) is 13.3. The van der Waals surface area contributed by atoms with E-state index in [9.17, 15) is 19.2 Å². The van der Waals surface area contributed by atoms with Crippen LogP contribution in [-0.4, -0.2) is 58.5 Å².